The third kappa shape index (κ3) is 3.32. The molecule has 0 amide bonds. The molecule has 0 fully saturated rings. The molecule has 2 rings (SSSR count). The molecule has 106 valence electrons. The Morgan fingerprint density at radius 3 is 2.30 bits per heavy atom. The summed E-state index contributed by atoms with van der Waals surface area (Å²) in [6.45, 7) is 6.84. The van der Waals surface area contributed by atoms with Crippen molar-refractivity contribution in [3.8, 4) is 0 Å². The first-order chi connectivity index (χ1) is 9.53. The molecule has 0 saturated heterocycles. The van der Waals surface area contributed by atoms with Gasteiger partial charge >= 0.3 is 0 Å². The van der Waals surface area contributed by atoms with Crippen LogP contribution in [-0.4, -0.2) is 0 Å². The van der Waals surface area contributed by atoms with Gasteiger partial charge in [0.05, 0.1) is 0 Å². The summed E-state index contributed by atoms with van der Waals surface area (Å²) in [5.41, 5.74) is 10.3. The predicted octanol–water partition coefficient (Wildman–Crippen LogP) is 5.09. The summed E-state index contributed by atoms with van der Waals surface area (Å²) in [4.78, 5) is 0. The van der Waals surface area contributed by atoms with Gasteiger partial charge in [-0.3, -0.25) is 0 Å². The lowest BCUT2D eigenvalue weighted by atomic mass is 9.80. The standard InChI is InChI=1S/C18H24N2/c1-4-13-18(2,3)16-7-5-6-8-17(16)20-15-11-9-14(19)10-12-15/h5-12,20H,4,13,19H2,1-3H3. The summed E-state index contributed by atoms with van der Waals surface area (Å²) < 4.78 is 0. The van der Waals surface area contributed by atoms with E-state index >= 15 is 0 Å². The van der Waals surface area contributed by atoms with Crippen LogP contribution in [0.1, 0.15) is 39.2 Å². The molecule has 2 heteroatoms. The molecule has 0 saturated carbocycles. The van der Waals surface area contributed by atoms with Gasteiger partial charge < -0.3 is 11.1 Å². The SMILES string of the molecule is CCCC(C)(C)c1ccccc1Nc1ccc(N)cc1. The van der Waals surface area contributed by atoms with E-state index in [0.29, 0.717) is 0 Å². The van der Waals surface area contributed by atoms with Crippen molar-refractivity contribution in [2.24, 2.45) is 0 Å². The quantitative estimate of drug-likeness (QED) is 0.741. The van der Waals surface area contributed by atoms with Gasteiger partial charge in [0.15, 0.2) is 0 Å². The summed E-state index contributed by atoms with van der Waals surface area (Å²) in [6, 6.07) is 16.4. The molecule has 3 N–H and O–H groups in total. The molecule has 0 aromatic heterocycles. The second-order valence-electron chi connectivity index (χ2n) is 5.93. The van der Waals surface area contributed by atoms with Crippen LogP contribution in [0.4, 0.5) is 17.1 Å². The summed E-state index contributed by atoms with van der Waals surface area (Å²) >= 11 is 0. The maximum Gasteiger partial charge on any atom is 0.0422 e. The highest BCUT2D eigenvalue weighted by Gasteiger charge is 2.22. The molecule has 2 aromatic rings. The molecule has 20 heavy (non-hydrogen) atoms. The molecule has 0 aliphatic carbocycles. The minimum atomic E-state index is 0.173. The average Bonchev–Trinajstić information content (AvgIpc) is 2.42. The van der Waals surface area contributed by atoms with E-state index in [2.05, 4.69) is 50.4 Å². The fraction of sp³-hybridized carbons (Fsp3) is 0.333. The van der Waals surface area contributed by atoms with Crippen molar-refractivity contribution in [1.82, 2.24) is 0 Å². The van der Waals surface area contributed by atoms with E-state index < -0.39 is 0 Å². The van der Waals surface area contributed by atoms with Gasteiger partial charge in [0.2, 0.25) is 0 Å². The van der Waals surface area contributed by atoms with Crippen LogP contribution in [0.15, 0.2) is 48.5 Å². The molecule has 2 nitrogen and oxygen atoms in total. The Bertz CT molecular complexity index is 556. The summed E-state index contributed by atoms with van der Waals surface area (Å²) in [6.07, 6.45) is 2.36. The highest BCUT2D eigenvalue weighted by atomic mass is 14.9. The van der Waals surface area contributed by atoms with E-state index in [4.69, 9.17) is 5.73 Å². The van der Waals surface area contributed by atoms with Crippen molar-refractivity contribution in [1.29, 1.82) is 0 Å². The highest BCUT2D eigenvalue weighted by molar-refractivity contribution is 5.66. The maximum atomic E-state index is 5.73. The summed E-state index contributed by atoms with van der Waals surface area (Å²) in [5.74, 6) is 0. The van der Waals surface area contributed by atoms with Crippen molar-refractivity contribution >= 4 is 17.1 Å². The Balaban J connectivity index is 2.30. The van der Waals surface area contributed by atoms with Gasteiger partial charge in [0.1, 0.15) is 0 Å². The van der Waals surface area contributed by atoms with Gasteiger partial charge in [0, 0.05) is 17.1 Å². The Kier molecular flexibility index (Phi) is 4.33. The fourth-order valence-corrected chi connectivity index (χ4v) is 2.66. The third-order valence-electron chi connectivity index (χ3n) is 3.72. The van der Waals surface area contributed by atoms with Crippen LogP contribution in [0.2, 0.25) is 0 Å². The zero-order valence-electron chi connectivity index (χ0n) is 12.6. The number of hydrogen-bond donors (Lipinski definition) is 2. The van der Waals surface area contributed by atoms with Crippen molar-refractivity contribution in [2.45, 2.75) is 39.0 Å². The number of para-hydroxylation sites is 1. The fourth-order valence-electron chi connectivity index (χ4n) is 2.66. The van der Waals surface area contributed by atoms with Crippen molar-refractivity contribution in [2.75, 3.05) is 11.1 Å². The Labute approximate surface area is 122 Å². The van der Waals surface area contributed by atoms with E-state index in [0.717, 1.165) is 11.4 Å². The largest absolute Gasteiger partial charge is 0.399 e. The first kappa shape index (κ1) is 14.4. The number of anilines is 3. The number of nitrogens with two attached hydrogens (primary N) is 1. The molecule has 0 bridgehead atoms. The van der Waals surface area contributed by atoms with E-state index in [9.17, 15) is 0 Å². The minimum Gasteiger partial charge on any atom is -0.399 e. The molecule has 0 aliphatic rings. The minimum absolute atomic E-state index is 0.173. The van der Waals surface area contributed by atoms with Crippen LogP contribution < -0.4 is 11.1 Å². The Morgan fingerprint density at radius 2 is 1.65 bits per heavy atom. The first-order valence-corrected chi connectivity index (χ1v) is 7.25. The number of hydrogen-bond acceptors (Lipinski definition) is 2. The molecule has 0 spiro atoms. The van der Waals surface area contributed by atoms with Gasteiger partial charge in [-0.1, -0.05) is 45.4 Å². The van der Waals surface area contributed by atoms with Crippen molar-refractivity contribution < 1.29 is 0 Å². The average molecular weight is 268 g/mol. The Hall–Kier alpha value is -1.96. The van der Waals surface area contributed by atoms with Gasteiger partial charge in [-0.25, -0.2) is 0 Å². The molecule has 0 atom stereocenters. The van der Waals surface area contributed by atoms with E-state index in [1.807, 2.05) is 24.3 Å². The van der Waals surface area contributed by atoms with Crippen LogP contribution in [0.25, 0.3) is 0 Å². The van der Waals surface area contributed by atoms with Gasteiger partial charge in [-0.05, 0) is 47.7 Å². The molecule has 0 radical (unpaired) electrons. The monoisotopic (exact) mass is 268 g/mol. The predicted molar refractivity (Wildman–Crippen MR) is 88.5 cm³/mol. The number of benzene rings is 2. The van der Waals surface area contributed by atoms with Gasteiger partial charge in [-0.2, -0.15) is 0 Å². The van der Waals surface area contributed by atoms with Crippen LogP contribution in [0.3, 0.4) is 0 Å². The second-order valence-corrected chi connectivity index (χ2v) is 5.93. The third-order valence-corrected chi connectivity index (χ3v) is 3.72. The second kappa shape index (κ2) is 6.00. The highest BCUT2D eigenvalue weighted by Crippen LogP contribution is 2.35. The number of rotatable bonds is 5. The van der Waals surface area contributed by atoms with Gasteiger partial charge in [-0.15, -0.1) is 0 Å². The molecule has 0 aliphatic heterocycles. The van der Waals surface area contributed by atoms with Crippen LogP contribution >= 0.6 is 0 Å². The first-order valence-electron chi connectivity index (χ1n) is 7.25. The Morgan fingerprint density at radius 1 is 1.00 bits per heavy atom. The van der Waals surface area contributed by atoms with E-state index in [-0.39, 0.29) is 5.41 Å². The maximum absolute atomic E-state index is 5.73. The van der Waals surface area contributed by atoms with Crippen LogP contribution in [-0.2, 0) is 5.41 Å². The van der Waals surface area contributed by atoms with Crippen molar-refractivity contribution in [3.05, 3.63) is 54.1 Å². The van der Waals surface area contributed by atoms with E-state index in [1.54, 1.807) is 0 Å². The molecule has 0 heterocycles. The zero-order valence-corrected chi connectivity index (χ0v) is 12.6. The molecular weight excluding hydrogens is 244 g/mol. The smallest absolute Gasteiger partial charge is 0.0422 e. The molecule has 2 aromatic carbocycles. The molecule has 0 unspecified atom stereocenters. The van der Waals surface area contributed by atoms with Gasteiger partial charge in [0.25, 0.3) is 0 Å². The lowest BCUT2D eigenvalue weighted by Gasteiger charge is -2.27. The number of nitrogens with one attached hydrogen (secondary N) is 1. The zero-order chi connectivity index (χ0) is 14.6. The van der Waals surface area contributed by atoms with E-state index in [1.165, 1.54) is 24.1 Å². The number of nitrogen functional groups attached to an aromatic ring is 1. The molecular formula is C18H24N2. The lowest BCUT2D eigenvalue weighted by molar-refractivity contribution is 0.474. The van der Waals surface area contributed by atoms with Crippen LogP contribution in [0.5, 0.6) is 0 Å². The normalized spacial score (nSPS) is 11.3. The lowest BCUT2D eigenvalue weighted by Crippen LogP contribution is -2.18. The van der Waals surface area contributed by atoms with Crippen molar-refractivity contribution in [3.63, 3.8) is 0 Å². The van der Waals surface area contributed by atoms with Crippen LogP contribution in [0, 0.1) is 0 Å². The summed E-state index contributed by atoms with van der Waals surface area (Å²) in [5, 5.41) is 3.51. The topological polar surface area (TPSA) is 38.0 Å². The summed E-state index contributed by atoms with van der Waals surface area (Å²) in [7, 11) is 0.